The molecule has 1 aliphatic rings. The molecule has 0 atom stereocenters. The van der Waals surface area contributed by atoms with Gasteiger partial charge in [0.25, 0.3) is 0 Å². The minimum absolute atomic E-state index is 0.243. The van der Waals surface area contributed by atoms with Gasteiger partial charge in [-0.1, -0.05) is 17.3 Å². The first-order valence-electron chi connectivity index (χ1n) is 7.02. The van der Waals surface area contributed by atoms with E-state index in [1.165, 1.54) is 6.07 Å². The number of aryl methyl sites for hydroxylation is 1. The highest BCUT2D eigenvalue weighted by Gasteiger charge is 2.18. The van der Waals surface area contributed by atoms with Crippen LogP contribution in [0.5, 0.6) is 0 Å². The van der Waals surface area contributed by atoms with Crippen molar-refractivity contribution in [1.29, 1.82) is 0 Å². The van der Waals surface area contributed by atoms with E-state index in [4.69, 9.17) is 4.52 Å². The quantitative estimate of drug-likeness (QED) is 0.935. The Bertz CT molecular complexity index is 591. The number of hydrogen-bond acceptors (Lipinski definition) is 4. The van der Waals surface area contributed by atoms with Crippen LogP contribution in [0.2, 0.25) is 0 Å². The van der Waals surface area contributed by atoms with Gasteiger partial charge in [-0.3, -0.25) is 0 Å². The molecular weight excluding hydrogens is 257 g/mol. The number of halogens is 1. The molecule has 0 radical (unpaired) electrons. The van der Waals surface area contributed by atoms with Crippen molar-refractivity contribution >= 4 is 0 Å². The molecule has 0 amide bonds. The first-order valence-corrected chi connectivity index (χ1v) is 7.02. The summed E-state index contributed by atoms with van der Waals surface area (Å²) in [7, 11) is 0. The number of nitrogens with zero attached hydrogens (tertiary/aromatic N) is 2. The van der Waals surface area contributed by atoms with Crippen molar-refractivity contribution in [2.75, 3.05) is 13.1 Å². The fourth-order valence-electron chi connectivity index (χ4n) is 2.52. The highest BCUT2D eigenvalue weighted by molar-refractivity contribution is 5.54. The third-order valence-electron chi connectivity index (χ3n) is 3.82. The zero-order valence-corrected chi connectivity index (χ0v) is 11.5. The van der Waals surface area contributed by atoms with Crippen molar-refractivity contribution in [3.05, 3.63) is 35.5 Å². The molecule has 1 N–H and O–H groups in total. The molecule has 0 unspecified atom stereocenters. The molecule has 2 heterocycles. The van der Waals surface area contributed by atoms with Crippen molar-refractivity contribution in [1.82, 2.24) is 15.5 Å². The van der Waals surface area contributed by atoms with E-state index in [0.717, 1.165) is 32.4 Å². The first kappa shape index (κ1) is 13.2. The van der Waals surface area contributed by atoms with E-state index in [9.17, 15) is 4.39 Å². The van der Waals surface area contributed by atoms with Crippen LogP contribution in [0.15, 0.2) is 22.7 Å². The van der Waals surface area contributed by atoms with Crippen LogP contribution in [0.1, 0.15) is 24.3 Å². The van der Waals surface area contributed by atoms with Crippen LogP contribution in [0.3, 0.4) is 0 Å². The molecule has 1 aliphatic heterocycles. The molecule has 20 heavy (non-hydrogen) atoms. The molecule has 1 aromatic carbocycles. The van der Waals surface area contributed by atoms with Gasteiger partial charge in [0.2, 0.25) is 11.7 Å². The van der Waals surface area contributed by atoms with Gasteiger partial charge in [-0.05, 0) is 50.4 Å². The largest absolute Gasteiger partial charge is 0.339 e. The van der Waals surface area contributed by atoms with Gasteiger partial charge >= 0.3 is 0 Å². The molecule has 1 saturated heterocycles. The molecule has 1 fully saturated rings. The van der Waals surface area contributed by atoms with Gasteiger partial charge in [-0.15, -0.1) is 0 Å². The third-order valence-corrected chi connectivity index (χ3v) is 3.82. The Labute approximate surface area is 117 Å². The number of nitrogens with one attached hydrogen (secondary N) is 1. The molecule has 5 heteroatoms. The molecule has 4 nitrogen and oxygen atoms in total. The summed E-state index contributed by atoms with van der Waals surface area (Å²) in [5.74, 6) is 1.47. The second-order valence-electron chi connectivity index (χ2n) is 5.37. The maximum Gasteiger partial charge on any atom is 0.227 e. The maximum absolute atomic E-state index is 13.6. The van der Waals surface area contributed by atoms with Gasteiger partial charge in [0.1, 0.15) is 5.82 Å². The van der Waals surface area contributed by atoms with Crippen LogP contribution in [-0.2, 0) is 6.42 Å². The molecule has 106 valence electrons. The van der Waals surface area contributed by atoms with Crippen LogP contribution in [-0.4, -0.2) is 23.2 Å². The van der Waals surface area contributed by atoms with Gasteiger partial charge in [-0.2, -0.15) is 4.98 Å². The van der Waals surface area contributed by atoms with Gasteiger partial charge in [0, 0.05) is 12.0 Å². The SMILES string of the molecule is Cc1ccc(-c2noc(CC3CCNCC3)n2)cc1F. The number of piperidine rings is 1. The summed E-state index contributed by atoms with van der Waals surface area (Å²) < 4.78 is 18.8. The fourth-order valence-corrected chi connectivity index (χ4v) is 2.52. The lowest BCUT2D eigenvalue weighted by Gasteiger charge is -2.20. The molecule has 2 aromatic rings. The topological polar surface area (TPSA) is 51.0 Å². The predicted molar refractivity (Wildman–Crippen MR) is 73.7 cm³/mol. The summed E-state index contributed by atoms with van der Waals surface area (Å²) in [5, 5.41) is 7.29. The van der Waals surface area contributed by atoms with Crippen molar-refractivity contribution in [3.8, 4) is 11.4 Å². The summed E-state index contributed by atoms with van der Waals surface area (Å²) in [6.07, 6.45) is 3.08. The maximum atomic E-state index is 13.6. The van der Waals surface area contributed by atoms with Gasteiger partial charge < -0.3 is 9.84 Å². The van der Waals surface area contributed by atoms with Crippen LogP contribution in [0.25, 0.3) is 11.4 Å². The average molecular weight is 275 g/mol. The van der Waals surface area contributed by atoms with Gasteiger partial charge in [0.05, 0.1) is 0 Å². The lowest BCUT2D eigenvalue weighted by atomic mass is 9.95. The van der Waals surface area contributed by atoms with Crippen molar-refractivity contribution in [3.63, 3.8) is 0 Å². The highest BCUT2D eigenvalue weighted by atomic mass is 19.1. The smallest absolute Gasteiger partial charge is 0.227 e. The molecule has 3 rings (SSSR count). The van der Waals surface area contributed by atoms with Gasteiger partial charge in [-0.25, -0.2) is 4.39 Å². The second kappa shape index (κ2) is 5.71. The van der Waals surface area contributed by atoms with E-state index in [-0.39, 0.29) is 5.82 Å². The summed E-state index contributed by atoms with van der Waals surface area (Å²) >= 11 is 0. The van der Waals surface area contributed by atoms with Crippen molar-refractivity contribution in [2.45, 2.75) is 26.2 Å². The highest BCUT2D eigenvalue weighted by Crippen LogP contribution is 2.21. The number of aromatic nitrogens is 2. The lowest BCUT2D eigenvalue weighted by molar-refractivity contribution is 0.313. The normalized spacial score (nSPS) is 16.5. The van der Waals surface area contributed by atoms with E-state index in [1.54, 1.807) is 13.0 Å². The predicted octanol–water partition coefficient (Wildman–Crippen LogP) is 2.73. The van der Waals surface area contributed by atoms with E-state index in [0.29, 0.717) is 28.8 Å². The van der Waals surface area contributed by atoms with Crippen LogP contribution in [0.4, 0.5) is 4.39 Å². The summed E-state index contributed by atoms with van der Waals surface area (Å²) in [5.41, 5.74) is 1.28. The molecule has 1 aromatic heterocycles. The van der Waals surface area contributed by atoms with E-state index in [1.807, 2.05) is 6.07 Å². The third kappa shape index (κ3) is 2.88. The fraction of sp³-hybridized carbons (Fsp3) is 0.467. The summed E-state index contributed by atoms with van der Waals surface area (Å²) in [6.45, 7) is 3.83. The Morgan fingerprint density at radius 3 is 2.90 bits per heavy atom. The minimum Gasteiger partial charge on any atom is -0.339 e. The second-order valence-corrected chi connectivity index (χ2v) is 5.37. The summed E-state index contributed by atoms with van der Waals surface area (Å²) in [4.78, 5) is 4.38. The number of rotatable bonds is 3. The van der Waals surface area contributed by atoms with Crippen molar-refractivity contribution in [2.24, 2.45) is 5.92 Å². The average Bonchev–Trinajstić information content (AvgIpc) is 2.91. The molecule has 0 aliphatic carbocycles. The zero-order valence-electron chi connectivity index (χ0n) is 11.5. The molecule has 0 saturated carbocycles. The Balaban J connectivity index is 1.73. The Morgan fingerprint density at radius 2 is 2.15 bits per heavy atom. The monoisotopic (exact) mass is 275 g/mol. The van der Waals surface area contributed by atoms with Crippen LogP contribution >= 0.6 is 0 Å². The molecular formula is C15H18FN3O. The lowest BCUT2D eigenvalue weighted by Crippen LogP contribution is -2.28. The Morgan fingerprint density at radius 1 is 1.35 bits per heavy atom. The molecule has 0 bridgehead atoms. The summed E-state index contributed by atoms with van der Waals surface area (Å²) in [6, 6.07) is 5.00. The first-order chi connectivity index (χ1) is 9.72. The number of benzene rings is 1. The van der Waals surface area contributed by atoms with Crippen molar-refractivity contribution < 1.29 is 8.91 Å². The Hall–Kier alpha value is -1.75. The van der Waals surface area contributed by atoms with Gasteiger partial charge in [0.15, 0.2) is 0 Å². The standard InChI is InChI=1S/C15H18FN3O/c1-10-2-3-12(9-13(10)16)15-18-14(20-19-15)8-11-4-6-17-7-5-11/h2-3,9,11,17H,4-8H2,1H3. The zero-order chi connectivity index (χ0) is 13.9. The van der Waals surface area contributed by atoms with Crippen LogP contribution < -0.4 is 5.32 Å². The van der Waals surface area contributed by atoms with E-state index >= 15 is 0 Å². The van der Waals surface area contributed by atoms with E-state index < -0.39 is 0 Å². The molecule has 0 spiro atoms. The Kier molecular flexibility index (Phi) is 3.78. The van der Waals surface area contributed by atoms with E-state index in [2.05, 4.69) is 15.5 Å². The minimum atomic E-state index is -0.243. The van der Waals surface area contributed by atoms with Crippen LogP contribution in [0, 0.1) is 18.7 Å². The number of hydrogen-bond donors (Lipinski definition) is 1.